The zero-order valence-electron chi connectivity index (χ0n) is 6.66. The maximum atomic E-state index is 10.8. The number of ether oxygens (including phenoxy) is 1. The van der Waals surface area contributed by atoms with Gasteiger partial charge >= 0.3 is 5.97 Å². The van der Waals surface area contributed by atoms with Gasteiger partial charge in [-0.25, -0.2) is 4.79 Å². The number of hydrogen-bond acceptors (Lipinski definition) is 2. The second-order valence-corrected chi connectivity index (χ2v) is 2.61. The molecule has 0 spiro atoms. The van der Waals surface area contributed by atoms with Gasteiger partial charge in [-0.05, 0) is 17.7 Å². The summed E-state index contributed by atoms with van der Waals surface area (Å²) in [6, 6.07) is 5.31. The van der Waals surface area contributed by atoms with E-state index in [0.29, 0.717) is 5.15 Å². The Morgan fingerprint density at radius 3 is 3.00 bits per heavy atom. The number of carbonyl (C=O) groups excluding carboxylic acids is 1. The predicted molar refractivity (Wildman–Crippen MR) is 43.7 cm³/mol. The molecule has 0 N–H and O–H groups in total. The molecule has 0 bridgehead atoms. The van der Waals surface area contributed by atoms with Crippen LogP contribution in [0.4, 0.5) is 0 Å². The van der Waals surface area contributed by atoms with Crippen molar-refractivity contribution in [1.82, 2.24) is 0 Å². The van der Waals surface area contributed by atoms with Gasteiger partial charge in [-0.3, -0.25) is 0 Å². The van der Waals surface area contributed by atoms with Crippen molar-refractivity contribution in [3.8, 4) is 0 Å². The van der Waals surface area contributed by atoms with Crippen LogP contribution in [0.2, 0.25) is 5.15 Å². The van der Waals surface area contributed by atoms with Crippen LogP contribution in [0.5, 0.6) is 0 Å². The van der Waals surface area contributed by atoms with E-state index in [2.05, 4.69) is 4.74 Å². The SMILES string of the molecule is COC(=O)C[n+]1ccccc1Cl. The zero-order valence-corrected chi connectivity index (χ0v) is 7.41. The molecule has 64 valence electrons. The van der Waals surface area contributed by atoms with E-state index >= 15 is 0 Å². The fourth-order valence-electron chi connectivity index (χ4n) is 0.787. The Kier molecular flexibility index (Phi) is 3.05. The second kappa shape index (κ2) is 4.07. The van der Waals surface area contributed by atoms with Gasteiger partial charge in [-0.15, -0.1) is 0 Å². The maximum Gasteiger partial charge on any atom is 0.372 e. The van der Waals surface area contributed by atoms with Gasteiger partial charge < -0.3 is 4.74 Å². The van der Waals surface area contributed by atoms with Crippen LogP contribution in [-0.2, 0) is 16.1 Å². The molecule has 0 aliphatic heterocycles. The van der Waals surface area contributed by atoms with Crippen molar-refractivity contribution in [3.05, 3.63) is 29.5 Å². The molecule has 0 unspecified atom stereocenters. The Balaban J connectivity index is 2.75. The quantitative estimate of drug-likeness (QED) is 0.389. The summed E-state index contributed by atoms with van der Waals surface area (Å²) in [5.74, 6) is -0.312. The number of halogens is 1. The highest BCUT2D eigenvalue weighted by Crippen LogP contribution is 1.98. The number of rotatable bonds is 2. The van der Waals surface area contributed by atoms with Crippen molar-refractivity contribution in [2.24, 2.45) is 0 Å². The molecule has 0 aliphatic rings. The van der Waals surface area contributed by atoms with Crippen LogP contribution in [0.15, 0.2) is 24.4 Å². The van der Waals surface area contributed by atoms with Gasteiger partial charge in [0.05, 0.1) is 7.11 Å². The first-order chi connectivity index (χ1) is 5.74. The van der Waals surface area contributed by atoms with E-state index in [0.717, 1.165) is 0 Å². The Morgan fingerprint density at radius 2 is 2.42 bits per heavy atom. The lowest BCUT2D eigenvalue weighted by Crippen LogP contribution is -2.38. The van der Waals surface area contributed by atoms with Crippen LogP contribution in [0, 0.1) is 0 Å². The van der Waals surface area contributed by atoms with Crippen molar-refractivity contribution < 1.29 is 14.1 Å². The summed E-state index contributed by atoms with van der Waals surface area (Å²) in [7, 11) is 1.35. The van der Waals surface area contributed by atoms with E-state index in [4.69, 9.17) is 11.6 Å². The summed E-state index contributed by atoms with van der Waals surface area (Å²) in [6.45, 7) is 0.149. The first kappa shape index (κ1) is 9.00. The summed E-state index contributed by atoms with van der Waals surface area (Å²) in [4.78, 5) is 10.8. The van der Waals surface area contributed by atoms with Crippen molar-refractivity contribution in [2.45, 2.75) is 6.54 Å². The summed E-state index contributed by atoms with van der Waals surface area (Å²) < 4.78 is 6.10. The second-order valence-electron chi connectivity index (χ2n) is 2.23. The minimum Gasteiger partial charge on any atom is -0.464 e. The number of aromatic nitrogens is 1. The average molecular weight is 187 g/mol. The highest BCUT2D eigenvalue weighted by atomic mass is 35.5. The van der Waals surface area contributed by atoms with Gasteiger partial charge in [0.15, 0.2) is 6.20 Å². The third kappa shape index (κ3) is 2.20. The highest BCUT2D eigenvalue weighted by Gasteiger charge is 2.11. The number of carbonyl (C=O) groups is 1. The van der Waals surface area contributed by atoms with E-state index in [1.165, 1.54) is 7.11 Å². The number of pyridine rings is 1. The Labute approximate surface area is 75.5 Å². The van der Waals surface area contributed by atoms with Crippen LogP contribution < -0.4 is 4.57 Å². The molecule has 0 aromatic carbocycles. The number of methoxy groups -OCH3 is 1. The van der Waals surface area contributed by atoms with Gasteiger partial charge in [-0.2, -0.15) is 4.57 Å². The van der Waals surface area contributed by atoms with E-state index in [9.17, 15) is 4.79 Å². The molecule has 0 radical (unpaired) electrons. The van der Waals surface area contributed by atoms with Crippen molar-refractivity contribution in [3.63, 3.8) is 0 Å². The van der Waals surface area contributed by atoms with Crippen LogP contribution in [0.1, 0.15) is 0 Å². The van der Waals surface area contributed by atoms with Crippen LogP contribution >= 0.6 is 11.6 Å². The van der Waals surface area contributed by atoms with E-state index in [1.807, 2.05) is 0 Å². The molecular formula is C8H9ClNO2+. The van der Waals surface area contributed by atoms with Crippen LogP contribution in [0.25, 0.3) is 0 Å². The molecule has 0 saturated carbocycles. The summed E-state index contributed by atoms with van der Waals surface area (Å²) in [5, 5.41) is 0.517. The van der Waals surface area contributed by atoms with Gasteiger partial charge in [0.2, 0.25) is 6.54 Å². The molecule has 0 amide bonds. The first-order valence-electron chi connectivity index (χ1n) is 3.45. The molecule has 1 aromatic rings. The monoisotopic (exact) mass is 186 g/mol. The van der Waals surface area contributed by atoms with Crippen molar-refractivity contribution in [2.75, 3.05) is 7.11 Å². The zero-order chi connectivity index (χ0) is 8.97. The smallest absolute Gasteiger partial charge is 0.372 e. The average Bonchev–Trinajstić information content (AvgIpc) is 2.09. The lowest BCUT2D eigenvalue weighted by molar-refractivity contribution is -0.683. The molecule has 4 heteroatoms. The normalized spacial score (nSPS) is 9.50. The highest BCUT2D eigenvalue weighted by molar-refractivity contribution is 6.28. The number of nitrogens with zero attached hydrogens (tertiary/aromatic N) is 1. The molecular weight excluding hydrogens is 178 g/mol. The standard InChI is InChI=1S/C8H9ClNO2/c1-12-8(11)6-10-5-3-2-4-7(10)9/h2-5H,6H2,1H3/q+1. The van der Waals surface area contributed by atoms with E-state index in [-0.39, 0.29) is 12.5 Å². The largest absolute Gasteiger partial charge is 0.464 e. The van der Waals surface area contributed by atoms with Gasteiger partial charge in [-0.1, -0.05) is 0 Å². The van der Waals surface area contributed by atoms with Crippen molar-refractivity contribution >= 4 is 17.6 Å². The van der Waals surface area contributed by atoms with Crippen LogP contribution in [0.3, 0.4) is 0 Å². The first-order valence-corrected chi connectivity index (χ1v) is 3.82. The fraction of sp³-hybridized carbons (Fsp3) is 0.250. The molecule has 0 saturated heterocycles. The van der Waals surface area contributed by atoms with Crippen molar-refractivity contribution in [1.29, 1.82) is 0 Å². The molecule has 1 heterocycles. The summed E-state index contributed by atoms with van der Waals surface area (Å²) in [5.41, 5.74) is 0. The Bertz CT molecular complexity index is 288. The van der Waals surface area contributed by atoms with E-state index in [1.54, 1.807) is 29.0 Å². The lowest BCUT2D eigenvalue weighted by atomic mass is 10.5. The Hall–Kier alpha value is -1.09. The van der Waals surface area contributed by atoms with Crippen LogP contribution in [-0.4, -0.2) is 13.1 Å². The molecule has 12 heavy (non-hydrogen) atoms. The third-order valence-corrected chi connectivity index (χ3v) is 1.76. The molecule has 0 aliphatic carbocycles. The summed E-state index contributed by atoms with van der Waals surface area (Å²) in [6.07, 6.45) is 1.72. The number of esters is 1. The Morgan fingerprint density at radius 1 is 1.67 bits per heavy atom. The van der Waals surface area contributed by atoms with E-state index < -0.39 is 0 Å². The summed E-state index contributed by atoms with van der Waals surface area (Å²) >= 11 is 5.78. The lowest BCUT2D eigenvalue weighted by Gasteiger charge is -1.96. The number of hydrogen-bond donors (Lipinski definition) is 0. The third-order valence-electron chi connectivity index (χ3n) is 1.41. The fourth-order valence-corrected chi connectivity index (χ4v) is 0.976. The predicted octanol–water partition coefficient (Wildman–Crippen LogP) is 0.800. The molecule has 1 rings (SSSR count). The van der Waals surface area contributed by atoms with Gasteiger partial charge in [0, 0.05) is 12.1 Å². The molecule has 3 nitrogen and oxygen atoms in total. The van der Waals surface area contributed by atoms with Gasteiger partial charge in [0.25, 0.3) is 5.15 Å². The molecule has 0 atom stereocenters. The molecule has 1 aromatic heterocycles. The topological polar surface area (TPSA) is 30.2 Å². The molecule has 0 fully saturated rings. The minimum absolute atomic E-state index is 0.149. The van der Waals surface area contributed by atoms with Gasteiger partial charge in [0.1, 0.15) is 0 Å². The maximum absolute atomic E-state index is 10.8. The minimum atomic E-state index is -0.312.